The standard InChI is InChI=1S/C11H10N2O2/c1-13-10-5-3-2-4-9(10)8(7-12-15)6-11(13)14/h2-7,15H,1H3. The maximum absolute atomic E-state index is 11.5. The maximum Gasteiger partial charge on any atom is 0.251 e. The molecule has 0 aliphatic heterocycles. The van der Waals surface area contributed by atoms with Gasteiger partial charge in [0, 0.05) is 24.1 Å². The monoisotopic (exact) mass is 202 g/mol. The van der Waals surface area contributed by atoms with Gasteiger partial charge in [-0.25, -0.2) is 0 Å². The van der Waals surface area contributed by atoms with Crippen LogP contribution in [0.15, 0.2) is 40.3 Å². The number of fused-ring (bicyclic) bond motifs is 1. The fourth-order valence-corrected chi connectivity index (χ4v) is 1.61. The van der Waals surface area contributed by atoms with Crippen LogP contribution in [0, 0.1) is 0 Å². The van der Waals surface area contributed by atoms with E-state index in [4.69, 9.17) is 5.21 Å². The Labute approximate surface area is 86.1 Å². The number of para-hydroxylation sites is 1. The van der Waals surface area contributed by atoms with Crippen LogP contribution >= 0.6 is 0 Å². The Morgan fingerprint density at radius 1 is 1.40 bits per heavy atom. The Kier molecular flexibility index (Phi) is 2.25. The number of rotatable bonds is 1. The quantitative estimate of drug-likeness (QED) is 0.431. The first-order valence-corrected chi connectivity index (χ1v) is 4.50. The number of pyridine rings is 1. The third-order valence-electron chi connectivity index (χ3n) is 2.38. The Morgan fingerprint density at radius 2 is 2.13 bits per heavy atom. The third-order valence-corrected chi connectivity index (χ3v) is 2.38. The minimum absolute atomic E-state index is 0.122. The van der Waals surface area contributed by atoms with Crippen molar-refractivity contribution in [3.63, 3.8) is 0 Å². The van der Waals surface area contributed by atoms with Crippen molar-refractivity contribution < 1.29 is 5.21 Å². The van der Waals surface area contributed by atoms with Gasteiger partial charge in [0.15, 0.2) is 0 Å². The molecule has 0 aliphatic carbocycles. The Hall–Kier alpha value is -2.10. The molecule has 0 atom stereocenters. The summed E-state index contributed by atoms with van der Waals surface area (Å²) in [6.45, 7) is 0. The van der Waals surface area contributed by atoms with Gasteiger partial charge in [-0.3, -0.25) is 4.79 Å². The van der Waals surface area contributed by atoms with Crippen LogP contribution in [0.5, 0.6) is 0 Å². The molecule has 0 fully saturated rings. The molecule has 0 spiro atoms. The zero-order valence-corrected chi connectivity index (χ0v) is 8.21. The lowest BCUT2D eigenvalue weighted by atomic mass is 10.1. The van der Waals surface area contributed by atoms with Crippen LogP contribution in [0.25, 0.3) is 10.9 Å². The van der Waals surface area contributed by atoms with Crippen LogP contribution in [0.4, 0.5) is 0 Å². The first-order chi connectivity index (χ1) is 7.24. The van der Waals surface area contributed by atoms with Crippen molar-refractivity contribution in [2.24, 2.45) is 12.2 Å². The molecule has 1 heterocycles. The number of benzene rings is 1. The predicted molar refractivity (Wildman–Crippen MR) is 58.6 cm³/mol. The Bertz CT molecular complexity index is 585. The van der Waals surface area contributed by atoms with Crippen LogP contribution in [-0.2, 0) is 7.05 Å². The molecule has 4 nitrogen and oxygen atoms in total. The van der Waals surface area contributed by atoms with E-state index < -0.39 is 0 Å². The zero-order valence-electron chi connectivity index (χ0n) is 8.21. The van der Waals surface area contributed by atoms with Gasteiger partial charge in [0.2, 0.25) is 0 Å². The van der Waals surface area contributed by atoms with Crippen LogP contribution in [-0.4, -0.2) is 16.0 Å². The van der Waals surface area contributed by atoms with Gasteiger partial charge in [-0.05, 0) is 6.07 Å². The molecular weight excluding hydrogens is 192 g/mol. The lowest BCUT2D eigenvalue weighted by Crippen LogP contribution is -2.17. The fourth-order valence-electron chi connectivity index (χ4n) is 1.61. The highest BCUT2D eigenvalue weighted by Gasteiger charge is 2.03. The third kappa shape index (κ3) is 1.50. The minimum Gasteiger partial charge on any atom is -0.411 e. The molecule has 0 saturated carbocycles. The highest BCUT2D eigenvalue weighted by molar-refractivity contribution is 5.97. The summed E-state index contributed by atoms with van der Waals surface area (Å²) in [4.78, 5) is 11.5. The van der Waals surface area contributed by atoms with Gasteiger partial charge in [0.1, 0.15) is 0 Å². The minimum atomic E-state index is -0.122. The number of oxime groups is 1. The summed E-state index contributed by atoms with van der Waals surface area (Å²) in [6.07, 6.45) is 1.27. The normalized spacial score (nSPS) is 11.3. The van der Waals surface area contributed by atoms with E-state index in [1.807, 2.05) is 24.3 Å². The van der Waals surface area contributed by atoms with E-state index >= 15 is 0 Å². The largest absolute Gasteiger partial charge is 0.411 e. The van der Waals surface area contributed by atoms with Crippen molar-refractivity contribution >= 4 is 17.1 Å². The number of aromatic nitrogens is 1. The van der Waals surface area contributed by atoms with E-state index in [0.29, 0.717) is 5.56 Å². The lowest BCUT2D eigenvalue weighted by molar-refractivity contribution is 0.322. The molecule has 4 heteroatoms. The van der Waals surface area contributed by atoms with Gasteiger partial charge >= 0.3 is 0 Å². The summed E-state index contributed by atoms with van der Waals surface area (Å²) in [5.41, 5.74) is 1.32. The summed E-state index contributed by atoms with van der Waals surface area (Å²) in [5.74, 6) is 0. The maximum atomic E-state index is 11.5. The number of aryl methyl sites for hydroxylation is 1. The predicted octanol–water partition coefficient (Wildman–Crippen LogP) is 1.35. The molecule has 1 N–H and O–H groups in total. The second-order valence-corrected chi connectivity index (χ2v) is 3.26. The SMILES string of the molecule is Cn1c(=O)cc(C=NO)c2ccccc21. The number of hydrogen-bond donors (Lipinski definition) is 1. The number of nitrogens with zero attached hydrogens (tertiary/aromatic N) is 2. The second-order valence-electron chi connectivity index (χ2n) is 3.26. The van der Waals surface area contributed by atoms with Crippen molar-refractivity contribution in [2.75, 3.05) is 0 Å². The summed E-state index contributed by atoms with van der Waals surface area (Å²) in [6, 6.07) is 8.92. The van der Waals surface area contributed by atoms with Gasteiger partial charge in [0.25, 0.3) is 5.56 Å². The van der Waals surface area contributed by atoms with Gasteiger partial charge in [0.05, 0.1) is 11.7 Å². The van der Waals surface area contributed by atoms with E-state index in [1.54, 1.807) is 11.6 Å². The molecule has 0 aliphatic rings. The molecule has 1 aromatic heterocycles. The average Bonchev–Trinajstić information content (AvgIpc) is 2.26. The summed E-state index contributed by atoms with van der Waals surface area (Å²) >= 11 is 0. The van der Waals surface area contributed by atoms with Crippen molar-refractivity contribution in [3.05, 3.63) is 46.2 Å². The second kappa shape index (κ2) is 3.57. The van der Waals surface area contributed by atoms with Crippen molar-refractivity contribution in [1.29, 1.82) is 0 Å². The molecule has 0 saturated heterocycles. The van der Waals surface area contributed by atoms with Crippen LogP contribution in [0.2, 0.25) is 0 Å². The molecular formula is C11H10N2O2. The number of hydrogen-bond acceptors (Lipinski definition) is 3. The molecule has 15 heavy (non-hydrogen) atoms. The van der Waals surface area contributed by atoms with E-state index in [1.165, 1.54) is 12.3 Å². The molecule has 0 radical (unpaired) electrons. The van der Waals surface area contributed by atoms with E-state index in [-0.39, 0.29) is 5.56 Å². The van der Waals surface area contributed by atoms with Crippen LogP contribution in [0.1, 0.15) is 5.56 Å². The Balaban J connectivity index is 2.94. The Morgan fingerprint density at radius 3 is 2.87 bits per heavy atom. The van der Waals surface area contributed by atoms with Gasteiger partial charge in [-0.2, -0.15) is 0 Å². The average molecular weight is 202 g/mol. The fraction of sp³-hybridized carbons (Fsp3) is 0.0909. The van der Waals surface area contributed by atoms with E-state index in [9.17, 15) is 4.79 Å². The lowest BCUT2D eigenvalue weighted by Gasteiger charge is -2.06. The van der Waals surface area contributed by atoms with Gasteiger partial charge in [-0.15, -0.1) is 0 Å². The molecule has 1 aromatic carbocycles. The van der Waals surface area contributed by atoms with Crippen molar-refractivity contribution in [3.8, 4) is 0 Å². The summed E-state index contributed by atoms with van der Waals surface area (Å²) in [7, 11) is 1.71. The van der Waals surface area contributed by atoms with E-state index in [2.05, 4.69) is 5.16 Å². The van der Waals surface area contributed by atoms with E-state index in [0.717, 1.165) is 10.9 Å². The van der Waals surface area contributed by atoms with Gasteiger partial charge < -0.3 is 9.77 Å². The summed E-state index contributed by atoms with van der Waals surface area (Å²) < 4.78 is 1.56. The highest BCUT2D eigenvalue weighted by Crippen LogP contribution is 2.14. The summed E-state index contributed by atoms with van der Waals surface area (Å²) in [5, 5.41) is 12.3. The molecule has 76 valence electrons. The molecule has 0 bridgehead atoms. The first kappa shape index (κ1) is 9.45. The first-order valence-electron chi connectivity index (χ1n) is 4.50. The van der Waals surface area contributed by atoms with Crippen LogP contribution < -0.4 is 5.56 Å². The molecule has 2 aromatic rings. The molecule has 0 amide bonds. The zero-order chi connectivity index (χ0) is 10.8. The highest BCUT2D eigenvalue weighted by atomic mass is 16.4. The smallest absolute Gasteiger partial charge is 0.251 e. The van der Waals surface area contributed by atoms with Crippen LogP contribution in [0.3, 0.4) is 0 Å². The van der Waals surface area contributed by atoms with Crippen molar-refractivity contribution in [2.45, 2.75) is 0 Å². The molecule has 2 rings (SSSR count). The van der Waals surface area contributed by atoms with Crippen molar-refractivity contribution in [1.82, 2.24) is 4.57 Å². The van der Waals surface area contributed by atoms with Gasteiger partial charge in [-0.1, -0.05) is 23.4 Å². The molecule has 0 unspecified atom stereocenters. The topological polar surface area (TPSA) is 54.6 Å².